The van der Waals surface area contributed by atoms with E-state index in [1.54, 1.807) is 0 Å². The molecule has 3 nitrogen and oxygen atoms in total. The van der Waals surface area contributed by atoms with Crippen molar-refractivity contribution < 1.29 is 4.74 Å². The summed E-state index contributed by atoms with van der Waals surface area (Å²) in [6.45, 7) is 3.53. The molecule has 0 aromatic heterocycles. The molecule has 0 N–H and O–H groups in total. The van der Waals surface area contributed by atoms with Gasteiger partial charge in [0, 0.05) is 13.0 Å². The van der Waals surface area contributed by atoms with Crippen LogP contribution in [0.3, 0.4) is 0 Å². The van der Waals surface area contributed by atoms with Crippen molar-refractivity contribution in [3.8, 4) is 6.07 Å². The van der Waals surface area contributed by atoms with Gasteiger partial charge in [0.05, 0.1) is 12.7 Å². The van der Waals surface area contributed by atoms with E-state index in [9.17, 15) is 0 Å². The summed E-state index contributed by atoms with van der Waals surface area (Å²) in [5, 5.41) is 9.11. The number of hydrogen-bond acceptors (Lipinski definition) is 3. The molecule has 66 valence electrons. The van der Waals surface area contributed by atoms with E-state index in [4.69, 9.17) is 10.00 Å². The molecule has 2 aliphatic rings. The van der Waals surface area contributed by atoms with Gasteiger partial charge in [-0.25, -0.2) is 0 Å². The lowest BCUT2D eigenvalue weighted by Gasteiger charge is -2.30. The fourth-order valence-electron chi connectivity index (χ4n) is 2.11. The Kier molecular flexibility index (Phi) is 2.03. The summed E-state index contributed by atoms with van der Waals surface area (Å²) in [4.78, 5) is 2.29. The van der Waals surface area contributed by atoms with Crippen LogP contribution in [0.4, 0.5) is 0 Å². The Bertz CT molecular complexity index is 197. The Labute approximate surface area is 72.9 Å². The van der Waals surface area contributed by atoms with E-state index in [-0.39, 0.29) is 5.54 Å². The average molecular weight is 166 g/mol. The van der Waals surface area contributed by atoms with E-state index in [1.807, 2.05) is 0 Å². The first-order valence-corrected chi connectivity index (χ1v) is 4.61. The fourth-order valence-corrected chi connectivity index (χ4v) is 2.11. The van der Waals surface area contributed by atoms with Gasteiger partial charge < -0.3 is 4.74 Å². The Morgan fingerprint density at radius 2 is 2.08 bits per heavy atom. The summed E-state index contributed by atoms with van der Waals surface area (Å²) in [7, 11) is 0. The predicted octanol–water partition coefficient (Wildman–Crippen LogP) is 0.765. The molecule has 0 aromatic carbocycles. The Morgan fingerprint density at radius 1 is 1.33 bits per heavy atom. The Balaban J connectivity index is 2.11. The van der Waals surface area contributed by atoms with Crippen molar-refractivity contribution in [3.63, 3.8) is 0 Å². The summed E-state index contributed by atoms with van der Waals surface area (Å²) in [5.41, 5.74) is -0.267. The lowest BCUT2D eigenvalue weighted by atomic mass is 9.99. The standard InChI is InChI=1S/C9H14N2O/c10-7-9(3-6-12-8-9)11-4-1-2-5-11/h1-6,8H2. The zero-order chi connectivity index (χ0) is 8.44. The number of ether oxygens (including phenoxy) is 1. The molecular weight excluding hydrogens is 152 g/mol. The number of likely N-dealkylation sites (tertiary alicyclic amines) is 1. The largest absolute Gasteiger partial charge is 0.378 e. The zero-order valence-corrected chi connectivity index (χ0v) is 7.25. The van der Waals surface area contributed by atoms with E-state index in [0.717, 1.165) is 26.1 Å². The van der Waals surface area contributed by atoms with Crippen LogP contribution >= 0.6 is 0 Å². The van der Waals surface area contributed by atoms with E-state index in [1.165, 1.54) is 12.8 Å². The molecule has 12 heavy (non-hydrogen) atoms. The number of rotatable bonds is 1. The third-order valence-corrected chi connectivity index (χ3v) is 2.92. The lowest BCUT2D eigenvalue weighted by molar-refractivity contribution is 0.124. The molecule has 2 aliphatic heterocycles. The monoisotopic (exact) mass is 166 g/mol. The highest BCUT2D eigenvalue weighted by Gasteiger charge is 2.41. The van der Waals surface area contributed by atoms with Crippen LogP contribution in [0.1, 0.15) is 19.3 Å². The van der Waals surface area contributed by atoms with Crippen LogP contribution in [0.15, 0.2) is 0 Å². The van der Waals surface area contributed by atoms with Gasteiger partial charge in [-0.05, 0) is 25.9 Å². The first-order chi connectivity index (χ1) is 5.87. The smallest absolute Gasteiger partial charge is 0.134 e. The molecule has 0 amide bonds. The van der Waals surface area contributed by atoms with Crippen molar-refractivity contribution in [2.45, 2.75) is 24.8 Å². The molecule has 1 unspecified atom stereocenters. The third kappa shape index (κ3) is 1.12. The Morgan fingerprint density at radius 3 is 2.58 bits per heavy atom. The van der Waals surface area contributed by atoms with Crippen LogP contribution in [0, 0.1) is 11.3 Å². The first kappa shape index (κ1) is 8.03. The van der Waals surface area contributed by atoms with E-state index >= 15 is 0 Å². The number of nitriles is 1. The topological polar surface area (TPSA) is 36.3 Å². The minimum atomic E-state index is -0.267. The van der Waals surface area contributed by atoms with E-state index < -0.39 is 0 Å². The second kappa shape index (κ2) is 3.04. The molecule has 0 radical (unpaired) electrons. The fraction of sp³-hybridized carbons (Fsp3) is 0.889. The van der Waals surface area contributed by atoms with Crippen molar-refractivity contribution in [2.24, 2.45) is 0 Å². The highest BCUT2D eigenvalue weighted by molar-refractivity contribution is 5.11. The summed E-state index contributed by atoms with van der Waals surface area (Å²) >= 11 is 0. The third-order valence-electron chi connectivity index (χ3n) is 2.92. The van der Waals surface area contributed by atoms with Gasteiger partial charge in [-0.1, -0.05) is 0 Å². The quantitative estimate of drug-likeness (QED) is 0.577. The van der Waals surface area contributed by atoms with Gasteiger partial charge in [0.1, 0.15) is 5.54 Å². The molecule has 0 aliphatic carbocycles. The van der Waals surface area contributed by atoms with Gasteiger partial charge in [-0.3, -0.25) is 4.90 Å². The van der Waals surface area contributed by atoms with Gasteiger partial charge in [0.15, 0.2) is 0 Å². The van der Waals surface area contributed by atoms with E-state index in [0.29, 0.717) is 6.61 Å². The van der Waals surface area contributed by atoms with Gasteiger partial charge in [0.25, 0.3) is 0 Å². The number of hydrogen-bond donors (Lipinski definition) is 0. The van der Waals surface area contributed by atoms with Crippen LogP contribution in [0.5, 0.6) is 0 Å². The maximum Gasteiger partial charge on any atom is 0.134 e. The molecule has 2 heterocycles. The minimum Gasteiger partial charge on any atom is -0.378 e. The summed E-state index contributed by atoms with van der Waals surface area (Å²) in [6, 6.07) is 2.42. The molecule has 2 saturated heterocycles. The molecule has 3 heteroatoms. The molecule has 2 rings (SSSR count). The molecule has 1 atom stereocenters. The van der Waals surface area contributed by atoms with Gasteiger partial charge >= 0.3 is 0 Å². The highest BCUT2D eigenvalue weighted by atomic mass is 16.5. The van der Waals surface area contributed by atoms with Crippen LogP contribution in [0.25, 0.3) is 0 Å². The molecule has 0 saturated carbocycles. The highest BCUT2D eigenvalue weighted by Crippen LogP contribution is 2.28. The van der Waals surface area contributed by atoms with Crippen molar-refractivity contribution in [1.82, 2.24) is 4.90 Å². The van der Waals surface area contributed by atoms with Crippen molar-refractivity contribution in [2.75, 3.05) is 26.3 Å². The van der Waals surface area contributed by atoms with Crippen molar-refractivity contribution in [3.05, 3.63) is 0 Å². The molecule has 2 fully saturated rings. The maximum atomic E-state index is 9.11. The summed E-state index contributed by atoms with van der Waals surface area (Å²) < 4.78 is 5.30. The number of nitrogens with zero attached hydrogens (tertiary/aromatic N) is 2. The predicted molar refractivity (Wildman–Crippen MR) is 44.6 cm³/mol. The van der Waals surface area contributed by atoms with E-state index in [2.05, 4.69) is 11.0 Å². The lowest BCUT2D eigenvalue weighted by Crippen LogP contribution is -2.46. The average Bonchev–Trinajstić information content (AvgIpc) is 2.76. The van der Waals surface area contributed by atoms with Crippen molar-refractivity contribution >= 4 is 0 Å². The second-order valence-electron chi connectivity index (χ2n) is 3.64. The molecule has 0 spiro atoms. The zero-order valence-electron chi connectivity index (χ0n) is 7.25. The second-order valence-corrected chi connectivity index (χ2v) is 3.64. The van der Waals surface area contributed by atoms with Crippen LogP contribution in [0.2, 0.25) is 0 Å². The maximum absolute atomic E-state index is 9.11. The van der Waals surface area contributed by atoms with Crippen LogP contribution < -0.4 is 0 Å². The summed E-state index contributed by atoms with van der Waals surface area (Å²) in [5.74, 6) is 0. The molecule has 0 aromatic rings. The van der Waals surface area contributed by atoms with Gasteiger partial charge in [-0.2, -0.15) is 5.26 Å². The molecular formula is C9H14N2O. The molecule has 0 bridgehead atoms. The van der Waals surface area contributed by atoms with Crippen molar-refractivity contribution in [1.29, 1.82) is 5.26 Å². The van der Waals surface area contributed by atoms with Crippen LogP contribution in [-0.4, -0.2) is 36.7 Å². The van der Waals surface area contributed by atoms with Crippen LogP contribution in [-0.2, 0) is 4.74 Å². The minimum absolute atomic E-state index is 0.267. The normalized spacial score (nSPS) is 36.9. The van der Waals surface area contributed by atoms with Gasteiger partial charge in [-0.15, -0.1) is 0 Å². The Hall–Kier alpha value is -0.590. The summed E-state index contributed by atoms with van der Waals surface area (Å²) in [6.07, 6.45) is 3.37. The first-order valence-electron chi connectivity index (χ1n) is 4.61. The van der Waals surface area contributed by atoms with Gasteiger partial charge in [0.2, 0.25) is 0 Å². The SMILES string of the molecule is N#CC1(N2CCCC2)CCOC1.